The van der Waals surface area contributed by atoms with Crippen molar-refractivity contribution in [3.8, 4) is 0 Å². The van der Waals surface area contributed by atoms with Crippen LogP contribution in [0.3, 0.4) is 0 Å². The van der Waals surface area contributed by atoms with Crippen molar-refractivity contribution in [3.63, 3.8) is 0 Å². The molecule has 1 aliphatic rings. The Morgan fingerprint density at radius 1 is 1.38 bits per heavy atom. The van der Waals surface area contributed by atoms with Crippen LogP contribution in [0.5, 0.6) is 0 Å². The molecule has 0 spiro atoms. The van der Waals surface area contributed by atoms with Gasteiger partial charge < -0.3 is 10.0 Å². The summed E-state index contributed by atoms with van der Waals surface area (Å²) in [6.07, 6.45) is 1.92. The Labute approximate surface area is 95.7 Å². The Bertz CT molecular complexity index is 387. The van der Waals surface area contributed by atoms with Gasteiger partial charge in [0.1, 0.15) is 0 Å². The molecule has 1 unspecified atom stereocenters. The number of nitrogens with zero attached hydrogens (tertiary/aromatic N) is 1. The molecule has 0 fully saturated rings. The van der Waals surface area contributed by atoms with E-state index in [0.29, 0.717) is 13.0 Å². The molecule has 0 saturated carbocycles. The second kappa shape index (κ2) is 4.66. The van der Waals surface area contributed by atoms with Crippen LogP contribution < -0.4 is 4.90 Å². The summed E-state index contributed by atoms with van der Waals surface area (Å²) < 4.78 is 0. The molecule has 1 aliphatic heterocycles. The van der Waals surface area contributed by atoms with E-state index in [1.54, 1.807) is 11.8 Å². The summed E-state index contributed by atoms with van der Waals surface area (Å²) >= 11 is 0. The number of amides is 1. The highest BCUT2D eigenvalue weighted by Gasteiger charge is 2.22. The summed E-state index contributed by atoms with van der Waals surface area (Å²) in [6.45, 7) is 2.09. The van der Waals surface area contributed by atoms with Gasteiger partial charge in [0, 0.05) is 12.1 Å². The maximum Gasteiger partial charge on any atom is 0.227 e. The van der Waals surface area contributed by atoms with Gasteiger partial charge in [-0.05, 0) is 31.4 Å². The lowest BCUT2D eigenvalue weighted by Gasteiger charge is -2.24. The number of aliphatic hydroxyl groups is 1. The van der Waals surface area contributed by atoms with Gasteiger partial charge in [0.25, 0.3) is 0 Å². The van der Waals surface area contributed by atoms with E-state index in [1.807, 2.05) is 18.2 Å². The zero-order chi connectivity index (χ0) is 11.5. The molecule has 16 heavy (non-hydrogen) atoms. The van der Waals surface area contributed by atoms with Crippen LogP contribution in [0.15, 0.2) is 24.3 Å². The summed E-state index contributed by atoms with van der Waals surface area (Å²) in [4.78, 5) is 13.6. The number of benzene rings is 1. The van der Waals surface area contributed by atoms with Crippen LogP contribution in [0.25, 0.3) is 0 Å². The molecule has 1 heterocycles. The van der Waals surface area contributed by atoms with E-state index in [9.17, 15) is 9.90 Å². The molecule has 1 N–H and O–H groups in total. The van der Waals surface area contributed by atoms with Crippen molar-refractivity contribution < 1.29 is 9.90 Å². The topological polar surface area (TPSA) is 40.5 Å². The normalized spacial score (nSPS) is 17.9. The predicted octanol–water partition coefficient (Wildman–Crippen LogP) is 1.74. The van der Waals surface area contributed by atoms with Crippen molar-refractivity contribution >= 4 is 11.6 Å². The Hall–Kier alpha value is -1.35. The van der Waals surface area contributed by atoms with E-state index in [1.165, 1.54) is 5.56 Å². The van der Waals surface area contributed by atoms with Crippen molar-refractivity contribution in [3.05, 3.63) is 29.8 Å². The first kappa shape index (κ1) is 11.1. The molecule has 1 atom stereocenters. The van der Waals surface area contributed by atoms with Gasteiger partial charge in [0.05, 0.1) is 12.6 Å². The lowest BCUT2D eigenvalue weighted by atomic mass is 10.1. The van der Waals surface area contributed by atoms with Gasteiger partial charge in [0.15, 0.2) is 0 Å². The molecule has 86 valence electrons. The van der Waals surface area contributed by atoms with Crippen molar-refractivity contribution in [2.45, 2.75) is 32.3 Å². The van der Waals surface area contributed by atoms with Gasteiger partial charge in [0.2, 0.25) is 5.91 Å². The third kappa shape index (κ3) is 2.25. The molecule has 1 amide bonds. The first-order chi connectivity index (χ1) is 7.68. The van der Waals surface area contributed by atoms with Gasteiger partial charge in [-0.25, -0.2) is 0 Å². The van der Waals surface area contributed by atoms with Crippen molar-refractivity contribution in [2.75, 3.05) is 11.4 Å². The molecule has 1 aromatic rings. The molecule has 2 rings (SSSR count). The highest BCUT2D eigenvalue weighted by Crippen LogP contribution is 2.26. The second-order valence-corrected chi connectivity index (χ2v) is 4.34. The minimum Gasteiger partial charge on any atom is -0.392 e. The summed E-state index contributed by atoms with van der Waals surface area (Å²) in [5, 5.41) is 9.45. The number of rotatable bonds is 2. The number of hydrogen-bond donors (Lipinski definition) is 1. The molecular weight excluding hydrogens is 202 g/mol. The van der Waals surface area contributed by atoms with E-state index >= 15 is 0 Å². The maximum absolute atomic E-state index is 11.9. The molecule has 0 saturated heterocycles. The molecule has 0 bridgehead atoms. The molecule has 1 aromatic carbocycles. The first-order valence-electron chi connectivity index (χ1n) is 5.75. The molecular formula is C13H17NO2. The second-order valence-electron chi connectivity index (χ2n) is 4.34. The zero-order valence-electron chi connectivity index (χ0n) is 9.52. The first-order valence-corrected chi connectivity index (χ1v) is 5.75. The van der Waals surface area contributed by atoms with E-state index in [-0.39, 0.29) is 5.91 Å². The van der Waals surface area contributed by atoms with Gasteiger partial charge in [-0.1, -0.05) is 18.2 Å². The Kier molecular flexibility index (Phi) is 3.25. The van der Waals surface area contributed by atoms with Crippen molar-refractivity contribution in [1.29, 1.82) is 0 Å². The minimum absolute atomic E-state index is 0.117. The Morgan fingerprint density at radius 3 is 2.88 bits per heavy atom. The number of para-hydroxylation sites is 1. The number of hydrogen-bond acceptors (Lipinski definition) is 2. The number of carbonyl (C=O) groups is 1. The van der Waals surface area contributed by atoms with Gasteiger partial charge >= 0.3 is 0 Å². The molecule has 0 aliphatic carbocycles. The summed E-state index contributed by atoms with van der Waals surface area (Å²) in [7, 11) is 0. The number of aliphatic hydroxyl groups excluding tert-OH is 1. The van der Waals surface area contributed by atoms with Crippen LogP contribution in [0.2, 0.25) is 0 Å². The minimum atomic E-state index is -0.491. The van der Waals surface area contributed by atoms with Crippen LogP contribution in [-0.4, -0.2) is 23.7 Å². The molecule has 0 aromatic heterocycles. The summed E-state index contributed by atoms with van der Waals surface area (Å²) in [6, 6.07) is 7.95. The summed E-state index contributed by atoms with van der Waals surface area (Å²) in [5.41, 5.74) is 2.17. The third-order valence-corrected chi connectivity index (χ3v) is 2.87. The van der Waals surface area contributed by atoms with E-state index < -0.39 is 6.10 Å². The fourth-order valence-electron chi connectivity index (χ4n) is 2.15. The van der Waals surface area contributed by atoms with E-state index in [2.05, 4.69) is 6.07 Å². The van der Waals surface area contributed by atoms with E-state index in [0.717, 1.165) is 18.5 Å². The largest absolute Gasteiger partial charge is 0.392 e. The van der Waals surface area contributed by atoms with Crippen molar-refractivity contribution in [1.82, 2.24) is 0 Å². The average Bonchev–Trinajstić information content (AvgIpc) is 2.40. The summed E-state index contributed by atoms with van der Waals surface area (Å²) in [5.74, 6) is 0.117. The monoisotopic (exact) mass is 219 g/mol. The highest BCUT2D eigenvalue weighted by molar-refractivity contribution is 5.94. The van der Waals surface area contributed by atoms with Gasteiger partial charge in [-0.3, -0.25) is 4.79 Å². The Morgan fingerprint density at radius 2 is 2.12 bits per heavy atom. The number of β-amino-alcohol motifs (C(OH)–C–C–N with tert-alkyl or cyclic N) is 1. The number of fused-ring (bicyclic) bond motifs is 1. The molecule has 0 radical (unpaired) electrons. The zero-order valence-corrected chi connectivity index (χ0v) is 9.52. The van der Waals surface area contributed by atoms with Crippen LogP contribution in [0, 0.1) is 0 Å². The standard InChI is InChI=1S/C13H17NO2/c1-10(15)9-14-12-7-3-2-5-11(12)6-4-8-13(14)16/h2-3,5,7,10,15H,4,6,8-9H2,1H3. The molecule has 3 heteroatoms. The van der Waals surface area contributed by atoms with Crippen LogP contribution in [0.4, 0.5) is 5.69 Å². The van der Waals surface area contributed by atoms with Gasteiger partial charge in [-0.2, -0.15) is 0 Å². The number of anilines is 1. The van der Waals surface area contributed by atoms with Crippen LogP contribution in [0.1, 0.15) is 25.3 Å². The lowest BCUT2D eigenvalue weighted by Crippen LogP contribution is -2.36. The Balaban J connectivity index is 2.36. The smallest absolute Gasteiger partial charge is 0.227 e. The van der Waals surface area contributed by atoms with Crippen LogP contribution >= 0.6 is 0 Å². The SMILES string of the molecule is CC(O)CN1C(=O)CCCc2ccccc21. The third-order valence-electron chi connectivity index (χ3n) is 2.87. The lowest BCUT2D eigenvalue weighted by molar-refractivity contribution is -0.118. The number of aryl methyl sites for hydroxylation is 1. The molecule has 3 nitrogen and oxygen atoms in total. The van der Waals surface area contributed by atoms with Gasteiger partial charge in [-0.15, -0.1) is 0 Å². The quantitative estimate of drug-likeness (QED) is 0.823. The maximum atomic E-state index is 11.9. The van der Waals surface area contributed by atoms with Crippen molar-refractivity contribution in [2.24, 2.45) is 0 Å². The fourth-order valence-corrected chi connectivity index (χ4v) is 2.15. The van der Waals surface area contributed by atoms with Crippen LogP contribution in [-0.2, 0) is 11.2 Å². The average molecular weight is 219 g/mol. The predicted molar refractivity (Wildman–Crippen MR) is 63.4 cm³/mol. The number of carbonyl (C=O) groups excluding carboxylic acids is 1. The fraction of sp³-hybridized carbons (Fsp3) is 0.462. The highest BCUT2D eigenvalue weighted by atomic mass is 16.3. The van der Waals surface area contributed by atoms with E-state index in [4.69, 9.17) is 0 Å².